The van der Waals surface area contributed by atoms with Crippen molar-refractivity contribution in [1.82, 2.24) is 0 Å². The lowest BCUT2D eigenvalue weighted by molar-refractivity contribution is -0.168. The van der Waals surface area contributed by atoms with Crippen LogP contribution in [-0.2, 0) is 25.3 Å². The fourth-order valence-corrected chi connectivity index (χ4v) is 2.46. The van der Waals surface area contributed by atoms with Gasteiger partial charge in [0.1, 0.15) is 0 Å². The molecule has 0 bridgehead atoms. The van der Waals surface area contributed by atoms with Crippen LogP contribution >= 0.6 is 8.46 Å². The van der Waals surface area contributed by atoms with E-state index < -0.39 is 11.6 Å². The van der Waals surface area contributed by atoms with Crippen LogP contribution in [0.3, 0.4) is 0 Å². The average molecular weight is 282 g/mol. The van der Waals surface area contributed by atoms with Gasteiger partial charge in [0.25, 0.3) is 0 Å². The summed E-state index contributed by atoms with van der Waals surface area (Å²) >= 11 is 0. The number of rotatable bonds is 8. The molecule has 0 heterocycles. The molecule has 0 N–H and O–H groups in total. The van der Waals surface area contributed by atoms with Crippen molar-refractivity contribution in [3.63, 3.8) is 0 Å². The van der Waals surface area contributed by atoms with Gasteiger partial charge in [-0.05, 0) is 19.4 Å². The first-order valence-electron chi connectivity index (χ1n) is 6.32. The Labute approximate surface area is 115 Å². The summed E-state index contributed by atoms with van der Waals surface area (Å²) in [6, 6.07) is 9.52. The molecule has 0 radical (unpaired) electrons. The van der Waals surface area contributed by atoms with Crippen LogP contribution in [0.1, 0.15) is 19.4 Å². The van der Waals surface area contributed by atoms with Crippen molar-refractivity contribution in [2.24, 2.45) is 0 Å². The van der Waals surface area contributed by atoms with Gasteiger partial charge in [-0.25, -0.2) is 4.79 Å². The monoisotopic (exact) mass is 282 g/mol. The number of hydrogen-bond acceptors (Lipinski definition) is 4. The van der Waals surface area contributed by atoms with E-state index in [1.807, 2.05) is 30.3 Å². The Kier molecular flexibility index (Phi) is 6.68. The Morgan fingerprint density at radius 3 is 2.42 bits per heavy atom. The lowest BCUT2D eigenvalue weighted by Crippen LogP contribution is -2.47. The summed E-state index contributed by atoms with van der Waals surface area (Å²) in [6.45, 7) is 4.19. The molecular weight excluding hydrogens is 263 g/mol. The summed E-state index contributed by atoms with van der Waals surface area (Å²) in [5, 5.41) is 0. The highest BCUT2D eigenvalue weighted by molar-refractivity contribution is 7.23. The van der Waals surface area contributed by atoms with Gasteiger partial charge in [-0.1, -0.05) is 30.3 Å². The van der Waals surface area contributed by atoms with Crippen LogP contribution in [0.2, 0.25) is 0 Å². The molecule has 1 rings (SSSR count). The molecule has 104 valence electrons. The standard InChI is InChI=1S/C14H19O4P/c1-3-17-13(15)14(11-19-16,18-4-2)10-12-8-6-5-7-9-12/h5-9H,3-4,10-11H2,1-2H3. The van der Waals surface area contributed by atoms with Crippen molar-refractivity contribution < 1.29 is 18.8 Å². The molecule has 1 atom stereocenters. The Balaban J connectivity index is 3.00. The second-order valence-corrected chi connectivity index (χ2v) is 4.67. The molecule has 4 nitrogen and oxygen atoms in total. The Morgan fingerprint density at radius 1 is 1.21 bits per heavy atom. The molecule has 0 saturated carbocycles. The largest absolute Gasteiger partial charge is 0.464 e. The lowest BCUT2D eigenvalue weighted by Gasteiger charge is -2.29. The number of carbonyl (C=O) groups is 1. The minimum absolute atomic E-state index is 0.0918. The van der Waals surface area contributed by atoms with E-state index in [-0.39, 0.29) is 21.2 Å². The van der Waals surface area contributed by atoms with E-state index >= 15 is 0 Å². The predicted molar refractivity (Wildman–Crippen MR) is 73.6 cm³/mol. The van der Waals surface area contributed by atoms with Gasteiger partial charge in [-0.3, -0.25) is 4.57 Å². The van der Waals surface area contributed by atoms with Gasteiger partial charge < -0.3 is 9.47 Å². The second kappa shape index (κ2) is 8.03. The Hall–Kier alpha value is -1.25. The predicted octanol–water partition coefficient (Wildman–Crippen LogP) is 2.86. The Bertz CT molecular complexity index is 407. The fourth-order valence-electron chi connectivity index (χ4n) is 1.92. The van der Waals surface area contributed by atoms with Crippen molar-refractivity contribution in [2.75, 3.05) is 19.4 Å². The molecule has 0 amide bonds. The summed E-state index contributed by atoms with van der Waals surface area (Å²) in [7, 11) is -0.131. The average Bonchev–Trinajstić information content (AvgIpc) is 2.40. The van der Waals surface area contributed by atoms with Gasteiger partial charge in [-0.15, -0.1) is 0 Å². The molecule has 19 heavy (non-hydrogen) atoms. The topological polar surface area (TPSA) is 52.6 Å². The molecule has 5 heteroatoms. The minimum atomic E-state index is -1.17. The normalized spacial score (nSPS) is 14.0. The molecule has 1 unspecified atom stereocenters. The first kappa shape index (κ1) is 15.8. The van der Waals surface area contributed by atoms with Crippen molar-refractivity contribution in [3.05, 3.63) is 35.9 Å². The van der Waals surface area contributed by atoms with E-state index in [9.17, 15) is 9.36 Å². The maximum Gasteiger partial charge on any atom is 0.339 e. The summed E-state index contributed by atoms with van der Waals surface area (Å²) in [4.78, 5) is 12.2. The van der Waals surface area contributed by atoms with Crippen molar-refractivity contribution in [2.45, 2.75) is 25.9 Å². The lowest BCUT2D eigenvalue weighted by atomic mass is 9.96. The first-order chi connectivity index (χ1) is 9.18. The van der Waals surface area contributed by atoms with E-state index in [0.29, 0.717) is 13.0 Å². The number of hydrogen-bond donors (Lipinski definition) is 0. The van der Waals surface area contributed by atoms with Crippen molar-refractivity contribution >= 4 is 14.4 Å². The third-order valence-electron chi connectivity index (χ3n) is 2.72. The molecule has 1 aromatic carbocycles. The molecule has 0 spiro atoms. The van der Waals surface area contributed by atoms with Gasteiger partial charge in [0.05, 0.1) is 12.8 Å². The number of benzene rings is 1. The van der Waals surface area contributed by atoms with Gasteiger partial charge in [0, 0.05) is 13.0 Å². The van der Waals surface area contributed by atoms with Gasteiger partial charge in [-0.2, -0.15) is 0 Å². The first-order valence-corrected chi connectivity index (χ1v) is 7.32. The van der Waals surface area contributed by atoms with E-state index in [0.717, 1.165) is 5.56 Å². The molecule has 0 saturated heterocycles. The van der Waals surface area contributed by atoms with E-state index in [2.05, 4.69) is 0 Å². The summed E-state index contributed by atoms with van der Waals surface area (Å²) < 4.78 is 21.7. The van der Waals surface area contributed by atoms with Crippen LogP contribution in [0.4, 0.5) is 0 Å². The van der Waals surface area contributed by atoms with Crippen LogP contribution in [0.25, 0.3) is 0 Å². The van der Waals surface area contributed by atoms with E-state index in [4.69, 9.17) is 9.47 Å². The third kappa shape index (κ3) is 4.41. The highest BCUT2D eigenvalue weighted by atomic mass is 31.1. The van der Waals surface area contributed by atoms with Gasteiger partial charge in [0.15, 0.2) is 14.1 Å². The molecule has 0 aliphatic heterocycles. The number of carbonyl (C=O) groups excluding carboxylic acids is 1. The van der Waals surface area contributed by atoms with Crippen LogP contribution < -0.4 is 0 Å². The highest BCUT2D eigenvalue weighted by Gasteiger charge is 2.41. The molecule has 0 aromatic heterocycles. The summed E-state index contributed by atoms with van der Waals surface area (Å²) in [6.07, 6.45) is 0.449. The Morgan fingerprint density at radius 2 is 1.89 bits per heavy atom. The quantitative estimate of drug-likeness (QED) is 0.543. The van der Waals surface area contributed by atoms with Crippen molar-refractivity contribution in [3.8, 4) is 0 Å². The zero-order chi connectivity index (χ0) is 14.1. The number of esters is 1. The summed E-state index contributed by atoms with van der Waals surface area (Å²) in [5.74, 6) is -0.455. The van der Waals surface area contributed by atoms with E-state index in [1.165, 1.54) is 0 Å². The van der Waals surface area contributed by atoms with Crippen LogP contribution in [0.5, 0.6) is 0 Å². The van der Waals surface area contributed by atoms with Gasteiger partial charge in [0.2, 0.25) is 0 Å². The van der Waals surface area contributed by atoms with Crippen molar-refractivity contribution in [1.29, 1.82) is 0 Å². The maximum absolute atomic E-state index is 12.2. The maximum atomic E-state index is 12.2. The number of ether oxygens (including phenoxy) is 2. The molecule has 0 aliphatic carbocycles. The summed E-state index contributed by atoms with van der Waals surface area (Å²) in [5.41, 5.74) is -0.220. The third-order valence-corrected chi connectivity index (χ3v) is 3.36. The minimum Gasteiger partial charge on any atom is -0.464 e. The second-order valence-electron chi connectivity index (χ2n) is 4.10. The molecular formula is C14H19O4P. The molecule has 0 fully saturated rings. The molecule has 0 aliphatic rings. The fraction of sp³-hybridized carbons (Fsp3) is 0.500. The van der Waals surface area contributed by atoms with Gasteiger partial charge >= 0.3 is 5.97 Å². The SMILES string of the molecule is CCOC(=O)C(CP=O)(Cc1ccccc1)OCC. The molecule has 1 aromatic rings. The van der Waals surface area contributed by atoms with Crippen LogP contribution in [-0.4, -0.2) is 30.9 Å². The zero-order valence-electron chi connectivity index (χ0n) is 11.3. The smallest absolute Gasteiger partial charge is 0.339 e. The van der Waals surface area contributed by atoms with Crippen LogP contribution in [0, 0.1) is 0 Å². The van der Waals surface area contributed by atoms with E-state index in [1.54, 1.807) is 13.8 Å². The highest BCUT2D eigenvalue weighted by Crippen LogP contribution is 2.24. The van der Waals surface area contributed by atoms with Crippen LogP contribution in [0.15, 0.2) is 30.3 Å². The zero-order valence-corrected chi connectivity index (χ0v) is 12.2.